The molecule has 0 amide bonds. The normalized spacial score (nSPS) is 10.9. The lowest BCUT2D eigenvalue weighted by atomic mass is 10.2. The Morgan fingerprint density at radius 2 is 1.84 bits per heavy atom. The molecule has 0 saturated heterocycles. The number of aromatic nitrogens is 5. The van der Waals surface area contributed by atoms with Crippen LogP contribution in [-0.4, -0.2) is 31.8 Å². The highest BCUT2D eigenvalue weighted by Gasteiger charge is 2.11. The minimum absolute atomic E-state index is 0.112. The molecule has 3 heterocycles. The van der Waals surface area contributed by atoms with Crippen LogP contribution in [-0.2, 0) is 6.54 Å². The fraction of sp³-hybridized carbons (Fsp3) is 0.111. The van der Waals surface area contributed by atoms with Crippen LogP contribution < -0.4 is 10.5 Å². The van der Waals surface area contributed by atoms with Gasteiger partial charge in [-0.2, -0.15) is 4.52 Å². The number of aromatic amines is 1. The Labute approximate surface area is 143 Å². The van der Waals surface area contributed by atoms with Crippen LogP contribution in [0.25, 0.3) is 17.0 Å². The van der Waals surface area contributed by atoms with Crippen molar-refractivity contribution >= 4 is 11.5 Å². The number of fused-ring (bicyclic) bond motifs is 1. The van der Waals surface area contributed by atoms with Gasteiger partial charge >= 0.3 is 0 Å². The van der Waals surface area contributed by atoms with Gasteiger partial charge in [0.05, 0.1) is 6.54 Å². The Morgan fingerprint density at radius 3 is 2.64 bits per heavy atom. The predicted molar refractivity (Wildman–Crippen MR) is 95.4 cm³/mol. The third kappa shape index (κ3) is 2.99. The highest BCUT2D eigenvalue weighted by molar-refractivity contribution is 5.59. The van der Waals surface area contributed by atoms with E-state index < -0.39 is 0 Å². The van der Waals surface area contributed by atoms with Crippen molar-refractivity contribution in [3.63, 3.8) is 0 Å². The maximum atomic E-state index is 11.4. The highest BCUT2D eigenvalue weighted by atomic mass is 16.1. The SMILES string of the molecule is CN(Cc1cccc(=O)[nH]1)c1ccc2nnc(-c3ccccc3)n2n1. The summed E-state index contributed by atoms with van der Waals surface area (Å²) in [6, 6.07) is 18.7. The number of benzene rings is 1. The number of hydrogen-bond acceptors (Lipinski definition) is 5. The van der Waals surface area contributed by atoms with Crippen molar-refractivity contribution in [1.82, 2.24) is 24.8 Å². The molecule has 0 fully saturated rings. The minimum atomic E-state index is -0.112. The molecule has 4 rings (SSSR count). The fourth-order valence-corrected chi connectivity index (χ4v) is 2.67. The number of nitrogens with one attached hydrogen (secondary N) is 1. The second kappa shape index (κ2) is 6.20. The Balaban J connectivity index is 1.69. The molecule has 0 spiro atoms. The first-order valence-electron chi connectivity index (χ1n) is 7.88. The number of pyridine rings is 1. The summed E-state index contributed by atoms with van der Waals surface area (Å²) in [6.07, 6.45) is 0. The maximum Gasteiger partial charge on any atom is 0.248 e. The second-order valence-corrected chi connectivity index (χ2v) is 5.75. The van der Waals surface area contributed by atoms with E-state index in [1.54, 1.807) is 10.6 Å². The van der Waals surface area contributed by atoms with E-state index >= 15 is 0 Å². The van der Waals surface area contributed by atoms with E-state index in [-0.39, 0.29) is 5.56 Å². The van der Waals surface area contributed by atoms with Crippen LogP contribution in [0.4, 0.5) is 5.82 Å². The average molecular weight is 332 g/mol. The van der Waals surface area contributed by atoms with Gasteiger partial charge in [-0.15, -0.1) is 15.3 Å². The van der Waals surface area contributed by atoms with E-state index in [0.29, 0.717) is 18.0 Å². The molecule has 25 heavy (non-hydrogen) atoms. The molecule has 0 bridgehead atoms. The monoisotopic (exact) mass is 332 g/mol. The highest BCUT2D eigenvalue weighted by Crippen LogP contribution is 2.19. The van der Waals surface area contributed by atoms with Crippen LogP contribution >= 0.6 is 0 Å². The van der Waals surface area contributed by atoms with Crippen LogP contribution in [0.15, 0.2) is 65.5 Å². The van der Waals surface area contributed by atoms with Gasteiger partial charge in [0, 0.05) is 24.4 Å². The largest absolute Gasteiger partial charge is 0.352 e. The summed E-state index contributed by atoms with van der Waals surface area (Å²) in [7, 11) is 1.92. The van der Waals surface area contributed by atoms with E-state index in [0.717, 1.165) is 17.1 Å². The van der Waals surface area contributed by atoms with Gasteiger partial charge in [-0.1, -0.05) is 36.4 Å². The molecule has 7 heteroatoms. The smallest absolute Gasteiger partial charge is 0.248 e. The molecular weight excluding hydrogens is 316 g/mol. The van der Waals surface area contributed by atoms with Crippen molar-refractivity contribution in [3.8, 4) is 11.4 Å². The van der Waals surface area contributed by atoms with E-state index in [4.69, 9.17) is 0 Å². The molecule has 0 atom stereocenters. The molecule has 0 aliphatic rings. The first-order valence-corrected chi connectivity index (χ1v) is 7.88. The van der Waals surface area contributed by atoms with Gasteiger partial charge in [-0.05, 0) is 18.2 Å². The molecule has 1 aromatic carbocycles. The molecule has 0 aliphatic heterocycles. The van der Waals surface area contributed by atoms with Crippen molar-refractivity contribution in [2.75, 3.05) is 11.9 Å². The lowest BCUT2D eigenvalue weighted by molar-refractivity contribution is 0.822. The van der Waals surface area contributed by atoms with E-state index in [2.05, 4.69) is 20.3 Å². The van der Waals surface area contributed by atoms with Gasteiger partial charge in [0.2, 0.25) is 5.56 Å². The lowest BCUT2D eigenvalue weighted by Gasteiger charge is -2.17. The van der Waals surface area contributed by atoms with Crippen molar-refractivity contribution in [2.45, 2.75) is 6.54 Å². The standard InChI is InChI=1S/C18H16N6O/c1-23(12-14-8-5-9-17(25)19-14)16-11-10-15-20-21-18(24(15)22-16)13-6-3-2-4-7-13/h2-11H,12H2,1H3,(H,19,25). The van der Waals surface area contributed by atoms with Gasteiger partial charge in [0.15, 0.2) is 11.5 Å². The molecule has 0 aliphatic carbocycles. The number of nitrogens with zero attached hydrogens (tertiary/aromatic N) is 5. The van der Waals surface area contributed by atoms with Crippen LogP contribution in [0.3, 0.4) is 0 Å². The summed E-state index contributed by atoms with van der Waals surface area (Å²) in [5.41, 5.74) is 2.35. The summed E-state index contributed by atoms with van der Waals surface area (Å²) in [6.45, 7) is 0.539. The van der Waals surface area contributed by atoms with Crippen LogP contribution in [0.5, 0.6) is 0 Å². The molecule has 7 nitrogen and oxygen atoms in total. The van der Waals surface area contributed by atoms with Gasteiger partial charge in [0.1, 0.15) is 5.82 Å². The lowest BCUT2D eigenvalue weighted by Crippen LogP contribution is -2.21. The third-order valence-corrected chi connectivity index (χ3v) is 3.91. The summed E-state index contributed by atoms with van der Waals surface area (Å²) in [5, 5.41) is 13.1. The third-order valence-electron chi connectivity index (χ3n) is 3.91. The first-order chi connectivity index (χ1) is 12.2. The number of rotatable bonds is 4. The second-order valence-electron chi connectivity index (χ2n) is 5.75. The number of hydrogen-bond donors (Lipinski definition) is 1. The average Bonchev–Trinajstić information content (AvgIpc) is 3.05. The van der Waals surface area contributed by atoms with E-state index in [1.165, 1.54) is 6.07 Å². The zero-order valence-electron chi connectivity index (χ0n) is 13.6. The van der Waals surface area contributed by atoms with Crippen LogP contribution in [0.1, 0.15) is 5.69 Å². The molecule has 124 valence electrons. The van der Waals surface area contributed by atoms with Crippen molar-refractivity contribution in [2.24, 2.45) is 0 Å². The number of H-pyrrole nitrogens is 1. The van der Waals surface area contributed by atoms with Gasteiger partial charge in [0.25, 0.3) is 0 Å². The van der Waals surface area contributed by atoms with Crippen LogP contribution in [0, 0.1) is 0 Å². The van der Waals surface area contributed by atoms with Crippen molar-refractivity contribution in [3.05, 3.63) is 76.7 Å². The van der Waals surface area contributed by atoms with Gasteiger partial charge < -0.3 is 9.88 Å². The van der Waals surface area contributed by atoms with E-state index in [1.807, 2.05) is 60.5 Å². The van der Waals surface area contributed by atoms with Crippen LogP contribution in [0.2, 0.25) is 0 Å². The maximum absolute atomic E-state index is 11.4. The molecular formula is C18H16N6O. The zero-order valence-corrected chi connectivity index (χ0v) is 13.6. The summed E-state index contributed by atoms with van der Waals surface area (Å²) >= 11 is 0. The molecule has 0 saturated carbocycles. The predicted octanol–water partition coefficient (Wildman–Crippen LogP) is 2.12. The zero-order chi connectivity index (χ0) is 17.2. The summed E-state index contributed by atoms with van der Waals surface area (Å²) in [5.74, 6) is 1.45. The molecule has 1 N–H and O–H groups in total. The molecule has 3 aromatic heterocycles. The van der Waals surface area contributed by atoms with Crippen molar-refractivity contribution < 1.29 is 0 Å². The Kier molecular flexibility index (Phi) is 3.74. The van der Waals surface area contributed by atoms with Gasteiger partial charge in [-0.25, -0.2) is 0 Å². The molecule has 0 unspecified atom stereocenters. The number of anilines is 1. The Morgan fingerprint density at radius 1 is 1.00 bits per heavy atom. The molecule has 4 aromatic rings. The fourth-order valence-electron chi connectivity index (χ4n) is 2.67. The van der Waals surface area contributed by atoms with E-state index in [9.17, 15) is 4.79 Å². The first kappa shape index (κ1) is 15.1. The minimum Gasteiger partial charge on any atom is -0.352 e. The van der Waals surface area contributed by atoms with Crippen molar-refractivity contribution in [1.29, 1.82) is 0 Å². The Hall–Kier alpha value is -3.48. The Bertz CT molecular complexity index is 1070. The summed E-state index contributed by atoms with van der Waals surface area (Å²) in [4.78, 5) is 16.2. The molecule has 0 radical (unpaired) electrons. The topological polar surface area (TPSA) is 79.2 Å². The summed E-state index contributed by atoms with van der Waals surface area (Å²) < 4.78 is 1.73. The quantitative estimate of drug-likeness (QED) is 0.619. The van der Waals surface area contributed by atoms with Gasteiger partial charge in [-0.3, -0.25) is 4.79 Å².